The molecule has 0 unspecified atom stereocenters. The first-order valence-electron chi connectivity index (χ1n) is 4.75. The second kappa shape index (κ2) is 5.40. The molecule has 5 heteroatoms. The van der Waals surface area contributed by atoms with Crippen molar-refractivity contribution in [2.45, 2.75) is 20.0 Å². The van der Waals surface area contributed by atoms with Crippen LogP contribution in [0.5, 0.6) is 5.75 Å². The summed E-state index contributed by atoms with van der Waals surface area (Å²) in [6.45, 7) is 3.82. The van der Waals surface area contributed by atoms with Crippen LogP contribution in [0.3, 0.4) is 0 Å². The number of ether oxygens (including phenoxy) is 1. The third-order valence-electron chi connectivity index (χ3n) is 1.67. The average Bonchev–Trinajstić information content (AvgIpc) is 2.18. The Morgan fingerprint density at radius 3 is 2.67 bits per heavy atom. The Labute approximate surface area is 91.9 Å². The van der Waals surface area contributed by atoms with Crippen molar-refractivity contribution in [2.24, 2.45) is 9.89 Å². The zero-order chi connectivity index (χ0) is 11.3. The molecule has 0 N–H and O–H groups in total. The number of benzene rings is 1. The van der Waals surface area contributed by atoms with Gasteiger partial charge in [0.25, 0.3) is 5.91 Å². The SMILES string of the molecule is CC(C)Oc1ccccc1C(=O)N=N[SiH3]. The standard InChI is InChI=1S/C10H14N2O2Si/c1-7(2)14-9-6-4-3-5-8(9)10(13)11-12-15/h3-7H,1-2,15H3. The molecule has 0 fully saturated rings. The van der Waals surface area contributed by atoms with E-state index in [0.29, 0.717) is 21.7 Å². The lowest BCUT2D eigenvalue weighted by Crippen LogP contribution is -2.09. The topological polar surface area (TPSA) is 51.0 Å². The number of carbonyl (C=O) groups is 1. The van der Waals surface area contributed by atoms with Gasteiger partial charge in [-0.3, -0.25) is 4.79 Å². The van der Waals surface area contributed by atoms with Gasteiger partial charge in [0, 0.05) is 0 Å². The minimum Gasteiger partial charge on any atom is -0.490 e. The van der Waals surface area contributed by atoms with Crippen LogP contribution in [0.4, 0.5) is 0 Å². The Hall–Kier alpha value is -1.49. The van der Waals surface area contributed by atoms with Gasteiger partial charge in [0.2, 0.25) is 0 Å². The van der Waals surface area contributed by atoms with Crippen LogP contribution in [-0.2, 0) is 0 Å². The van der Waals surface area contributed by atoms with E-state index in [1.165, 1.54) is 0 Å². The number of para-hydroxylation sites is 1. The van der Waals surface area contributed by atoms with Gasteiger partial charge in [-0.25, -0.2) is 4.78 Å². The van der Waals surface area contributed by atoms with Crippen molar-refractivity contribution in [2.75, 3.05) is 0 Å². The van der Waals surface area contributed by atoms with Gasteiger partial charge in [-0.1, -0.05) is 12.1 Å². The summed E-state index contributed by atoms with van der Waals surface area (Å²) < 4.78 is 9.09. The van der Waals surface area contributed by atoms with E-state index < -0.39 is 0 Å². The van der Waals surface area contributed by atoms with Crippen molar-refractivity contribution in [3.05, 3.63) is 29.8 Å². The van der Waals surface area contributed by atoms with E-state index in [9.17, 15) is 4.79 Å². The van der Waals surface area contributed by atoms with Crippen molar-refractivity contribution in [1.82, 2.24) is 0 Å². The molecule has 0 spiro atoms. The van der Waals surface area contributed by atoms with Crippen molar-refractivity contribution < 1.29 is 9.53 Å². The van der Waals surface area contributed by atoms with Gasteiger partial charge in [-0.15, -0.1) is 5.11 Å². The molecular formula is C10H14N2O2Si. The summed E-state index contributed by atoms with van der Waals surface area (Å²) in [6.07, 6.45) is 0.0342. The van der Waals surface area contributed by atoms with Gasteiger partial charge < -0.3 is 4.74 Å². The van der Waals surface area contributed by atoms with Crippen LogP contribution in [0.2, 0.25) is 0 Å². The molecule has 0 atom stereocenters. The molecule has 0 aliphatic heterocycles. The van der Waals surface area contributed by atoms with E-state index in [1.807, 2.05) is 19.9 Å². The van der Waals surface area contributed by atoms with Crippen LogP contribution in [0, 0.1) is 0 Å². The van der Waals surface area contributed by atoms with E-state index in [0.717, 1.165) is 0 Å². The third-order valence-corrected chi connectivity index (χ3v) is 1.87. The Kier molecular flexibility index (Phi) is 4.17. The lowest BCUT2D eigenvalue weighted by molar-refractivity contribution is 0.0990. The van der Waals surface area contributed by atoms with Crippen LogP contribution >= 0.6 is 0 Å². The van der Waals surface area contributed by atoms with Crippen molar-refractivity contribution >= 4 is 16.3 Å². The van der Waals surface area contributed by atoms with E-state index in [4.69, 9.17) is 4.74 Å². The highest BCUT2D eigenvalue weighted by atomic mass is 28.2. The Morgan fingerprint density at radius 1 is 1.40 bits per heavy atom. The van der Waals surface area contributed by atoms with Gasteiger partial charge in [0.15, 0.2) is 10.4 Å². The molecule has 1 aromatic carbocycles. The fourth-order valence-electron chi connectivity index (χ4n) is 1.14. The summed E-state index contributed by atoms with van der Waals surface area (Å²) in [5.41, 5.74) is 0.464. The van der Waals surface area contributed by atoms with Crippen LogP contribution < -0.4 is 4.74 Å². The minimum absolute atomic E-state index is 0.0342. The van der Waals surface area contributed by atoms with Crippen molar-refractivity contribution in [3.63, 3.8) is 0 Å². The van der Waals surface area contributed by atoms with Crippen molar-refractivity contribution in [1.29, 1.82) is 0 Å². The first kappa shape index (κ1) is 11.6. The monoisotopic (exact) mass is 222 g/mol. The molecule has 0 saturated heterocycles. The molecule has 0 heterocycles. The second-order valence-corrected chi connectivity index (χ2v) is 3.67. The molecule has 80 valence electrons. The number of carbonyl (C=O) groups excluding carboxylic acids is 1. The fourth-order valence-corrected chi connectivity index (χ4v) is 1.33. The largest absolute Gasteiger partial charge is 0.490 e. The molecule has 0 aliphatic rings. The molecule has 1 rings (SSSR count). The molecule has 0 saturated carbocycles. The number of rotatable bonds is 3. The third kappa shape index (κ3) is 3.28. The highest BCUT2D eigenvalue weighted by Crippen LogP contribution is 2.20. The highest BCUT2D eigenvalue weighted by molar-refractivity contribution is 6.06. The van der Waals surface area contributed by atoms with Crippen LogP contribution in [0.25, 0.3) is 0 Å². The normalized spacial score (nSPS) is 11.1. The molecule has 1 amide bonds. The first-order valence-corrected chi connectivity index (χ1v) is 5.64. The zero-order valence-corrected chi connectivity index (χ0v) is 11.1. The number of amides is 1. The van der Waals surface area contributed by atoms with E-state index >= 15 is 0 Å². The van der Waals surface area contributed by atoms with E-state index in [1.54, 1.807) is 18.2 Å². The molecule has 15 heavy (non-hydrogen) atoms. The van der Waals surface area contributed by atoms with Gasteiger partial charge in [-0.2, -0.15) is 0 Å². The summed E-state index contributed by atoms with van der Waals surface area (Å²) >= 11 is 0. The molecule has 4 nitrogen and oxygen atoms in total. The maximum absolute atomic E-state index is 11.5. The Balaban J connectivity index is 3.00. The van der Waals surface area contributed by atoms with Crippen LogP contribution in [0.1, 0.15) is 24.2 Å². The predicted octanol–water partition coefficient (Wildman–Crippen LogP) is 1.35. The lowest BCUT2D eigenvalue weighted by Gasteiger charge is -2.11. The zero-order valence-electron chi connectivity index (χ0n) is 9.10. The molecule has 0 aliphatic carbocycles. The molecule has 0 bridgehead atoms. The Bertz CT molecular complexity index is 377. The Morgan fingerprint density at radius 2 is 2.07 bits per heavy atom. The molecule has 0 radical (unpaired) electrons. The maximum atomic E-state index is 11.5. The van der Waals surface area contributed by atoms with E-state index in [2.05, 4.69) is 9.89 Å². The predicted molar refractivity (Wildman–Crippen MR) is 61.3 cm³/mol. The lowest BCUT2D eigenvalue weighted by atomic mass is 10.2. The summed E-state index contributed by atoms with van der Waals surface area (Å²) in [5.74, 6) is 0.216. The summed E-state index contributed by atoms with van der Waals surface area (Å²) in [7, 11) is 0.531. The minimum atomic E-state index is -0.346. The van der Waals surface area contributed by atoms with Crippen LogP contribution in [0.15, 0.2) is 34.2 Å². The van der Waals surface area contributed by atoms with Crippen LogP contribution in [-0.4, -0.2) is 22.4 Å². The maximum Gasteiger partial charge on any atom is 0.297 e. The summed E-state index contributed by atoms with van der Waals surface area (Å²) in [6, 6.07) is 7.06. The molecule has 1 aromatic rings. The number of hydrogen-bond acceptors (Lipinski definition) is 3. The van der Waals surface area contributed by atoms with E-state index in [-0.39, 0.29) is 12.0 Å². The van der Waals surface area contributed by atoms with Gasteiger partial charge >= 0.3 is 0 Å². The quantitative estimate of drug-likeness (QED) is 0.572. The van der Waals surface area contributed by atoms with Gasteiger partial charge in [-0.05, 0) is 26.0 Å². The highest BCUT2D eigenvalue weighted by Gasteiger charge is 2.11. The smallest absolute Gasteiger partial charge is 0.297 e. The average molecular weight is 222 g/mol. The van der Waals surface area contributed by atoms with Gasteiger partial charge in [0.05, 0.1) is 11.7 Å². The van der Waals surface area contributed by atoms with Gasteiger partial charge in [0.1, 0.15) is 5.75 Å². The summed E-state index contributed by atoms with van der Waals surface area (Å²) in [4.78, 5) is 11.5. The fraction of sp³-hybridized carbons (Fsp3) is 0.300. The number of nitrogens with zero attached hydrogens (tertiary/aromatic N) is 2. The number of hydrogen-bond donors (Lipinski definition) is 0. The first-order chi connectivity index (χ1) is 7.15. The summed E-state index contributed by atoms with van der Waals surface area (Å²) in [5, 5.41) is 3.53. The molecule has 0 aromatic heterocycles. The second-order valence-electron chi connectivity index (χ2n) is 3.27. The molecular weight excluding hydrogens is 208 g/mol. The van der Waals surface area contributed by atoms with Crippen molar-refractivity contribution in [3.8, 4) is 5.75 Å².